The van der Waals surface area contributed by atoms with E-state index in [9.17, 15) is 0 Å². The lowest BCUT2D eigenvalue weighted by Crippen LogP contribution is -2.19. The molecule has 1 saturated heterocycles. The Morgan fingerprint density at radius 3 is 2.88 bits per heavy atom. The Balaban J connectivity index is 1.92. The average molecular weight is 260 g/mol. The lowest BCUT2D eigenvalue weighted by atomic mass is 10.2. The number of nitrogens with one attached hydrogen (secondary N) is 1. The Labute approximate surface area is 106 Å². The van der Waals surface area contributed by atoms with Gasteiger partial charge in [0.05, 0.1) is 27.9 Å². The van der Waals surface area contributed by atoms with Crippen molar-refractivity contribution in [3.05, 3.63) is 28.2 Å². The van der Waals surface area contributed by atoms with Gasteiger partial charge in [-0.15, -0.1) is 0 Å². The second-order valence-corrected chi connectivity index (χ2v) is 4.91. The topological polar surface area (TPSA) is 21.3 Å². The first kappa shape index (κ1) is 12.0. The third-order valence-electron chi connectivity index (χ3n) is 2.79. The smallest absolute Gasteiger partial charge is 0.0823 e. The molecule has 2 nitrogen and oxygen atoms in total. The van der Waals surface area contributed by atoms with E-state index in [4.69, 9.17) is 27.9 Å². The van der Waals surface area contributed by atoms with E-state index in [1.165, 1.54) is 0 Å². The molecule has 1 N–H and O–H groups in total. The first-order valence-electron chi connectivity index (χ1n) is 5.50. The van der Waals surface area contributed by atoms with E-state index in [1.807, 2.05) is 12.1 Å². The fraction of sp³-hybridized carbons (Fsp3) is 0.500. The van der Waals surface area contributed by atoms with E-state index in [0.29, 0.717) is 16.1 Å². The number of benzene rings is 1. The van der Waals surface area contributed by atoms with Crippen LogP contribution in [0.25, 0.3) is 0 Å². The van der Waals surface area contributed by atoms with Gasteiger partial charge in [0.25, 0.3) is 0 Å². The van der Waals surface area contributed by atoms with Crippen molar-refractivity contribution >= 4 is 28.9 Å². The molecule has 88 valence electrons. The van der Waals surface area contributed by atoms with Crippen molar-refractivity contribution in [2.75, 3.05) is 11.9 Å². The maximum Gasteiger partial charge on any atom is 0.0823 e. The molecule has 0 radical (unpaired) electrons. The summed E-state index contributed by atoms with van der Waals surface area (Å²) < 4.78 is 5.71. The normalized spacial score (nSPS) is 24.7. The van der Waals surface area contributed by atoms with E-state index in [2.05, 4.69) is 12.2 Å². The number of hydrogen-bond donors (Lipinski definition) is 1. The van der Waals surface area contributed by atoms with Gasteiger partial charge >= 0.3 is 0 Å². The summed E-state index contributed by atoms with van der Waals surface area (Å²) in [6, 6.07) is 5.59. The van der Waals surface area contributed by atoms with Crippen molar-refractivity contribution in [3.8, 4) is 0 Å². The van der Waals surface area contributed by atoms with E-state index in [0.717, 1.165) is 25.1 Å². The van der Waals surface area contributed by atoms with E-state index in [-0.39, 0.29) is 6.10 Å². The van der Waals surface area contributed by atoms with Crippen molar-refractivity contribution in [1.82, 2.24) is 0 Å². The Morgan fingerprint density at radius 1 is 1.38 bits per heavy atom. The SMILES string of the molecule is CC1CCC(CNc2cccc(Cl)c2Cl)O1. The van der Waals surface area contributed by atoms with Gasteiger partial charge in [0.15, 0.2) is 0 Å². The van der Waals surface area contributed by atoms with Gasteiger partial charge in [-0.05, 0) is 31.9 Å². The molecule has 1 fully saturated rings. The maximum atomic E-state index is 6.07. The highest BCUT2D eigenvalue weighted by atomic mass is 35.5. The minimum atomic E-state index is 0.282. The molecule has 1 aliphatic heterocycles. The van der Waals surface area contributed by atoms with Gasteiger partial charge in [0.1, 0.15) is 0 Å². The molecular formula is C12H15Cl2NO. The number of halogens is 2. The molecule has 0 aromatic heterocycles. The minimum absolute atomic E-state index is 0.282. The van der Waals surface area contributed by atoms with Gasteiger partial charge in [0.2, 0.25) is 0 Å². The van der Waals surface area contributed by atoms with Crippen LogP contribution in [0.15, 0.2) is 18.2 Å². The molecule has 0 aliphatic carbocycles. The minimum Gasteiger partial charge on any atom is -0.381 e. The Kier molecular flexibility index (Phi) is 3.95. The number of rotatable bonds is 3. The Morgan fingerprint density at radius 2 is 2.19 bits per heavy atom. The fourth-order valence-corrected chi connectivity index (χ4v) is 2.27. The molecule has 1 aliphatic rings. The van der Waals surface area contributed by atoms with Gasteiger partial charge in [-0.25, -0.2) is 0 Å². The van der Waals surface area contributed by atoms with Gasteiger partial charge in [-0.2, -0.15) is 0 Å². The lowest BCUT2D eigenvalue weighted by molar-refractivity contribution is 0.0637. The first-order chi connectivity index (χ1) is 7.66. The summed E-state index contributed by atoms with van der Waals surface area (Å²) >= 11 is 12.0. The van der Waals surface area contributed by atoms with Crippen LogP contribution in [0.4, 0.5) is 5.69 Å². The van der Waals surface area contributed by atoms with Crippen LogP contribution in [0.5, 0.6) is 0 Å². The lowest BCUT2D eigenvalue weighted by Gasteiger charge is -2.14. The molecule has 4 heteroatoms. The van der Waals surface area contributed by atoms with Crippen LogP contribution in [-0.4, -0.2) is 18.8 Å². The highest BCUT2D eigenvalue weighted by molar-refractivity contribution is 6.43. The van der Waals surface area contributed by atoms with Gasteiger partial charge < -0.3 is 10.1 Å². The molecule has 2 unspecified atom stereocenters. The molecule has 2 atom stereocenters. The summed E-state index contributed by atoms with van der Waals surface area (Å²) in [6.07, 6.45) is 2.90. The number of hydrogen-bond acceptors (Lipinski definition) is 2. The molecule has 0 spiro atoms. The molecule has 1 aromatic carbocycles. The summed E-state index contributed by atoms with van der Waals surface area (Å²) in [5, 5.41) is 4.43. The number of anilines is 1. The second kappa shape index (κ2) is 5.26. The highest BCUT2D eigenvalue weighted by Gasteiger charge is 2.21. The van der Waals surface area contributed by atoms with Crippen molar-refractivity contribution in [2.45, 2.75) is 32.0 Å². The van der Waals surface area contributed by atoms with Crippen LogP contribution in [0, 0.1) is 0 Å². The predicted molar refractivity (Wildman–Crippen MR) is 68.5 cm³/mol. The maximum absolute atomic E-state index is 6.07. The fourth-order valence-electron chi connectivity index (χ4n) is 1.90. The van der Waals surface area contributed by atoms with Crippen LogP contribution in [0.3, 0.4) is 0 Å². The second-order valence-electron chi connectivity index (χ2n) is 4.13. The van der Waals surface area contributed by atoms with E-state index in [1.54, 1.807) is 6.07 Å². The summed E-state index contributed by atoms with van der Waals surface area (Å²) in [5.41, 5.74) is 0.873. The molecule has 2 rings (SSSR count). The van der Waals surface area contributed by atoms with Crippen LogP contribution in [0.1, 0.15) is 19.8 Å². The predicted octanol–water partition coefficient (Wildman–Crippen LogP) is 3.97. The molecule has 16 heavy (non-hydrogen) atoms. The zero-order chi connectivity index (χ0) is 11.5. The third-order valence-corrected chi connectivity index (χ3v) is 3.61. The van der Waals surface area contributed by atoms with Crippen molar-refractivity contribution in [2.24, 2.45) is 0 Å². The molecule has 0 amide bonds. The van der Waals surface area contributed by atoms with Crippen molar-refractivity contribution < 1.29 is 4.74 Å². The van der Waals surface area contributed by atoms with Crippen LogP contribution < -0.4 is 5.32 Å². The van der Waals surface area contributed by atoms with E-state index < -0.39 is 0 Å². The molecule has 0 saturated carbocycles. The Bertz CT molecular complexity index is 370. The highest BCUT2D eigenvalue weighted by Crippen LogP contribution is 2.30. The van der Waals surface area contributed by atoms with Crippen molar-refractivity contribution in [1.29, 1.82) is 0 Å². The summed E-state index contributed by atoms with van der Waals surface area (Å²) in [4.78, 5) is 0. The summed E-state index contributed by atoms with van der Waals surface area (Å²) in [5.74, 6) is 0. The van der Waals surface area contributed by atoms with Crippen LogP contribution in [-0.2, 0) is 4.74 Å². The van der Waals surface area contributed by atoms with E-state index >= 15 is 0 Å². The average Bonchev–Trinajstić information content (AvgIpc) is 2.67. The standard InChI is InChI=1S/C12H15Cl2NO/c1-8-5-6-9(16-8)7-15-11-4-2-3-10(13)12(11)14/h2-4,8-9,15H,5-7H2,1H3. The van der Waals surface area contributed by atoms with Crippen LogP contribution in [0.2, 0.25) is 10.0 Å². The van der Waals surface area contributed by atoms with Gasteiger partial charge in [0, 0.05) is 6.54 Å². The molecule has 0 bridgehead atoms. The zero-order valence-corrected chi connectivity index (χ0v) is 10.7. The first-order valence-corrected chi connectivity index (χ1v) is 6.25. The summed E-state index contributed by atoms with van der Waals surface area (Å²) in [6.45, 7) is 2.89. The van der Waals surface area contributed by atoms with Crippen LogP contribution >= 0.6 is 23.2 Å². The van der Waals surface area contributed by atoms with Crippen molar-refractivity contribution in [3.63, 3.8) is 0 Å². The molecular weight excluding hydrogens is 245 g/mol. The number of ether oxygens (including phenoxy) is 1. The quantitative estimate of drug-likeness (QED) is 0.887. The Hall–Kier alpha value is -0.440. The van der Waals surface area contributed by atoms with Gasteiger partial charge in [-0.1, -0.05) is 29.3 Å². The third kappa shape index (κ3) is 2.82. The zero-order valence-electron chi connectivity index (χ0n) is 9.17. The summed E-state index contributed by atoms with van der Waals surface area (Å²) in [7, 11) is 0. The van der Waals surface area contributed by atoms with Gasteiger partial charge in [-0.3, -0.25) is 0 Å². The molecule has 1 aromatic rings. The largest absolute Gasteiger partial charge is 0.381 e. The monoisotopic (exact) mass is 259 g/mol. The molecule has 1 heterocycles.